The average molecular weight is 487 g/mol. The molecule has 1 saturated heterocycles. The SMILES string of the molecule is Cc1c(C#N)c(NC(=O)CSc2nnc(NC[C@@H]3CCCO3)s2)n(-c2cccc(F)c2)c1C. The van der Waals surface area contributed by atoms with E-state index >= 15 is 0 Å². The van der Waals surface area contributed by atoms with Crippen molar-refractivity contribution in [3.8, 4) is 11.8 Å². The summed E-state index contributed by atoms with van der Waals surface area (Å²) in [4.78, 5) is 12.7. The van der Waals surface area contributed by atoms with Crippen LogP contribution in [-0.2, 0) is 9.53 Å². The van der Waals surface area contributed by atoms with Gasteiger partial charge in [-0.1, -0.05) is 29.2 Å². The van der Waals surface area contributed by atoms with Crippen LogP contribution < -0.4 is 10.6 Å². The van der Waals surface area contributed by atoms with E-state index in [-0.39, 0.29) is 17.8 Å². The zero-order valence-corrected chi connectivity index (χ0v) is 19.9. The third-order valence-corrected chi connectivity index (χ3v) is 7.40. The molecule has 1 amide bonds. The molecule has 3 heterocycles. The molecule has 4 rings (SSSR count). The molecule has 33 heavy (non-hydrogen) atoms. The first kappa shape index (κ1) is 23.2. The van der Waals surface area contributed by atoms with Gasteiger partial charge in [-0.05, 0) is 50.5 Å². The van der Waals surface area contributed by atoms with Gasteiger partial charge in [0.1, 0.15) is 17.7 Å². The van der Waals surface area contributed by atoms with Gasteiger partial charge in [-0.15, -0.1) is 10.2 Å². The van der Waals surface area contributed by atoms with Crippen LogP contribution >= 0.6 is 23.1 Å². The minimum atomic E-state index is -0.398. The minimum Gasteiger partial charge on any atom is -0.376 e. The first-order valence-corrected chi connectivity index (χ1v) is 12.3. The van der Waals surface area contributed by atoms with Crippen LogP contribution in [0.5, 0.6) is 0 Å². The van der Waals surface area contributed by atoms with Gasteiger partial charge in [0.25, 0.3) is 0 Å². The van der Waals surface area contributed by atoms with Gasteiger partial charge in [-0.2, -0.15) is 5.26 Å². The summed E-state index contributed by atoms with van der Waals surface area (Å²) in [5.41, 5.74) is 2.37. The lowest BCUT2D eigenvalue weighted by atomic mass is 10.2. The van der Waals surface area contributed by atoms with Crippen LogP contribution in [0.1, 0.15) is 29.7 Å². The molecular formula is C22H23FN6O2S2. The van der Waals surface area contributed by atoms with E-state index in [0.29, 0.717) is 33.1 Å². The van der Waals surface area contributed by atoms with Gasteiger partial charge in [-0.3, -0.25) is 9.36 Å². The molecule has 1 aliphatic heterocycles. The zero-order valence-electron chi connectivity index (χ0n) is 18.2. The number of thioether (sulfide) groups is 1. The van der Waals surface area contributed by atoms with Crippen molar-refractivity contribution >= 4 is 40.0 Å². The van der Waals surface area contributed by atoms with E-state index in [4.69, 9.17) is 4.74 Å². The number of anilines is 2. The highest BCUT2D eigenvalue weighted by Gasteiger charge is 2.21. The maximum Gasteiger partial charge on any atom is 0.235 e. The van der Waals surface area contributed by atoms with E-state index in [1.165, 1.54) is 35.2 Å². The van der Waals surface area contributed by atoms with E-state index < -0.39 is 5.82 Å². The van der Waals surface area contributed by atoms with Crippen LogP contribution in [0.15, 0.2) is 28.6 Å². The minimum absolute atomic E-state index is 0.0949. The summed E-state index contributed by atoms with van der Waals surface area (Å²) in [5, 5.41) is 24.6. The Kier molecular flexibility index (Phi) is 7.27. The monoisotopic (exact) mass is 486 g/mol. The maximum absolute atomic E-state index is 13.8. The molecular weight excluding hydrogens is 463 g/mol. The van der Waals surface area contributed by atoms with Crippen molar-refractivity contribution in [2.75, 3.05) is 29.5 Å². The Morgan fingerprint density at radius 3 is 3.00 bits per heavy atom. The van der Waals surface area contributed by atoms with Gasteiger partial charge in [0, 0.05) is 18.8 Å². The summed E-state index contributed by atoms with van der Waals surface area (Å²) in [6, 6.07) is 8.19. The van der Waals surface area contributed by atoms with Crippen molar-refractivity contribution in [3.63, 3.8) is 0 Å². The largest absolute Gasteiger partial charge is 0.376 e. The van der Waals surface area contributed by atoms with E-state index in [1.54, 1.807) is 23.6 Å². The van der Waals surface area contributed by atoms with Gasteiger partial charge in [0.05, 0.1) is 23.1 Å². The number of nitriles is 1. The van der Waals surface area contributed by atoms with Crippen LogP contribution in [-0.4, -0.2) is 45.7 Å². The summed E-state index contributed by atoms with van der Waals surface area (Å²) in [6.07, 6.45) is 2.31. The highest BCUT2D eigenvalue weighted by molar-refractivity contribution is 8.01. The van der Waals surface area contributed by atoms with Gasteiger partial charge in [0.2, 0.25) is 11.0 Å². The van der Waals surface area contributed by atoms with E-state index in [2.05, 4.69) is 26.9 Å². The predicted molar refractivity (Wildman–Crippen MR) is 127 cm³/mol. The smallest absolute Gasteiger partial charge is 0.235 e. The Balaban J connectivity index is 1.42. The lowest BCUT2D eigenvalue weighted by Gasteiger charge is -2.13. The van der Waals surface area contributed by atoms with Crippen LogP contribution in [0.3, 0.4) is 0 Å². The molecule has 0 bridgehead atoms. The molecule has 8 nitrogen and oxygen atoms in total. The lowest BCUT2D eigenvalue weighted by molar-refractivity contribution is -0.113. The summed E-state index contributed by atoms with van der Waals surface area (Å²) in [6.45, 7) is 5.12. The summed E-state index contributed by atoms with van der Waals surface area (Å²) < 4.78 is 21.8. The van der Waals surface area contributed by atoms with Crippen LogP contribution in [0.4, 0.5) is 15.3 Å². The number of carbonyl (C=O) groups excluding carboxylic acids is 1. The molecule has 2 N–H and O–H groups in total. The Bertz CT molecular complexity index is 1200. The molecule has 1 fully saturated rings. The molecule has 11 heteroatoms. The molecule has 3 aromatic rings. The van der Waals surface area contributed by atoms with Crippen molar-refractivity contribution in [1.82, 2.24) is 14.8 Å². The van der Waals surface area contributed by atoms with Gasteiger partial charge in [-0.25, -0.2) is 4.39 Å². The Morgan fingerprint density at radius 2 is 2.27 bits per heavy atom. The quantitative estimate of drug-likeness (QED) is 0.458. The molecule has 2 aromatic heterocycles. The van der Waals surface area contributed by atoms with Gasteiger partial charge in [0.15, 0.2) is 4.34 Å². The molecule has 1 atom stereocenters. The third kappa shape index (κ3) is 5.35. The lowest BCUT2D eigenvalue weighted by Crippen LogP contribution is -2.18. The van der Waals surface area contributed by atoms with Crippen molar-refractivity contribution in [1.29, 1.82) is 5.26 Å². The van der Waals surface area contributed by atoms with E-state index in [9.17, 15) is 14.4 Å². The molecule has 0 aliphatic carbocycles. The first-order valence-electron chi connectivity index (χ1n) is 10.5. The molecule has 0 saturated carbocycles. The second-order valence-corrected chi connectivity index (χ2v) is 9.79. The van der Waals surface area contributed by atoms with Gasteiger partial charge < -0.3 is 15.4 Å². The Hall–Kier alpha value is -2.94. The standard InChI is InChI=1S/C22H23FN6O2S2/c1-13-14(2)29(16-6-3-5-15(23)9-16)20(18(13)10-24)26-19(30)12-32-22-28-27-21(33-22)25-11-17-7-4-8-31-17/h3,5-6,9,17H,4,7-8,11-12H2,1-2H3,(H,25,27)(H,26,30)/t17-/m0/s1. The van der Waals surface area contributed by atoms with Crippen LogP contribution in [0.25, 0.3) is 5.69 Å². The highest BCUT2D eigenvalue weighted by atomic mass is 32.2. The summed E-state index contributed by atoms with van der Waals surface area (Å²) in [7, 11) is 0. The fraction of sp³-hybridized carbons (Fsp3) is 0.364. The third-order valence-electron chi connectivity index (χ3n) is 5.39. The number of aromatic nitrogens is 3. The molecule has 172 valence electrons. The second kappa shape index (κ2) is 10.3. The zero-order chi connectivity index (χ0) is 23.4. The number of amides is 1. The van der Waals surface area contributed by atoms with Crippen molar-refractivity contribution in [3.05, 3.63) is 46.9 Å². The summed E-state index contributed by atoms with van der Waals surface area (Å²) in [5.74, 6) is -0.266. The molecule has 0 radical (unpaired) electrons. The second-order valence-electron chi connectivity index (χ2n) is 7.59. The molecule has 1 aliphatic rings. The number of nitrogens with zero attached hydrogens (tertiary/aromatic N) is 4. The number of benzene rings is 1. The van der Waals surface area contributed by atoms with Crippen LogP contribution in [0, 0.1) is 31.0 Å². The highest BCUT2D eigenvalue weighted by Crippen LogP contribution is 2.31. The number of hydrogen-bond acceptors (Lipinski definition) is 8. The number of hydrogen-bond donors (Lipinski definition) is 2. The number of nitrogens with one attached hydrogen (secondary N) is 2. The normalized spacial score (nSPS) is 15.4. The first-order chi connectivity index (χ1) is 16.0. The number of halogens is 1. The average Bonchev–Trinajstić information content (AvgIpc) is 3.52. The molecule has 1 aromatic carbocycles. The predicted octanol–water partition coefficient (Wildman–Crippen LogP) is 4.28. The van der Waals surface area contributed by atoms with Crippen molar-refractivity contribution in [2.45, 2.75) is 37.1 Å². The summed E-state index contributed by atoms with van der Waals surface area (Å²) >= 11 is 2.64. The van der Waals surface area contributed by atoms with Crippen molar-refractivity contribution in [2.24, 2.45) is 0 Å². The fourth-order valence-electron chi connectivity index (χ4n) is 3.64. The molecule has 0 spiro atoms. The number of ether oxygens (including phenoxy) is 1. The topological polar surface area (TPSA) is 105 Å². The van der Waals surface area contributed by atoms with E-state index in [0.717, 1.165) is 30.7 Å². The van der Waals surface area contributed by atoms with Gasteiger partial charge >= 0.3 is 0 Å². The van der Waals surface area contributed by atoms with E-state index in [1.807, 2.05) is 6.92 Å². The maximum atomic E-state index is 13.8. The molecule has 0 unspecified atom stereocenters. The van der Waals surface area contributed by atoms with Crippen molar-refractivity contribution < 1.29 is 13.9 Å². The Morgan fingerprint density at radius 1 is 1.42 bits per heavy atom. The number of rotatable bonds is 8. The number of carbonyl (C=O) groups is 1. The fourth-order valence-corrected chi connectivity index (χ4v) is 5.20. The van der Waals surface area contributed by atoms with Crippen LogP contribution in [0.2, 0.25) is 0 Å². The Labute approximate surface area is 199 Å².